The molecule has 4 nitrogen and oxygen atoms in total. The largest absolute Gasteiger partial charge is 0.475 e. The Kier molecular flexibility index (Phi) is 3.75. The number of benzene rings is 1. The van der Waals surface area contributed by atoms with Crippen LogP contribution in [0, 0.1) is 6.92 Å². The number of aromatic carboxylic acids is 1. The van der Waals surface area contributed by atoms with E-state index in [9.17, 15) is 4.79 Å². The molecule has 19 heavy (non-hydrogen) atoms. The number of rotatable bonds is 3. The van der Waals surface area contributed by atoms with Crippen molar-refractivity contribution >= 4 is 21.9 Å². The minimum absolute atomic E-state index is 0.00365. The van der Waals surface area contributed by atoms with Crippen molar-refractivity contribution in [2.75, 3.05) is 0 Å². The lowest BCUT2D eigenvalue weighted by molar-refractivity contribution is 0.0661. The lowest BCUT2D eigenvalue weighted by Gasteiger charge is -2.02. The van der Waals surface area contributed by atoms with Crippen LogP contribution in [0.15, 0.2) is 27.1 Å². The average Bonchev–Trinajstić information content (AvgIpc) is 2.77. The van der Waals surface area contributed by atoms with E-state index < -0.39 is 5.97 Å². The van der Waals surface area contributed by atoms with E-state index in [4.69, 9.17) is 9.52 Å². The smallest absolute Gasteiger partial charge is 0.373 e. The molecule has 0 saturated heterocycles. The molecule has 1 heterocycles. The van der Waals surface area contributed by atoms with Crippen LogP contribution in [0.25, 0.3) is 11.5 Å². The lowest BCUT2D eigenvalue weighted by Crippen LogP contribution is -2.01. The van der Waals surface area contributed by atoms with E-state index in [0.717, 1.165) is 15.6 Å². The number of carboxylic acids is 1. The second-order valence-electron chi connectivity index (χ2n) is 4.61. The number of hydrogen-bond donors (Lipinski definition) is 1. The molecule has 1 N–H and O–H groups in total. The van der Waals surface area contributed by atoms with E-state index in [-0.39, 0.29) is 11.7 Å². The number of aromatic nitrogens is 1. The van der Waals surface area contributed by atoms with Crippen LogP contribution < -0.4 is 0 Å². The zero-order chi connectivity index (χ0) is 14.2. The minimum Gasteiger partial charge on any atom is -0.475 e. The fraction of sp³-hybridized carbons (Fsp3) is 0.286. The highest BCUT2D eigenvalue weighted by atomic mass is 79.9. The highest BCUT2D eigenvalue weighted by Crippen LogP contribution is 2.31. The van der Waals surface area contributed by atoms with Gasteiger partial charge in [-0.15, -0.1) is 0 Å². The van der Waals surface area contributed by atoms with E-state index in [1.54, 1.807) is 0 Å². The van der Waals surface area contributed by atoms with Gasteiger partial charge in [-0.25, -0.2) is 9.78 Å². The normalized spacial score (nSPS) is 11.0. The molecule has 2 rings (SSSR count). The Labute approximate surface area is 119 Å². The first-order valence-electron chi connectivity index (χ1n) is 5.91. The van der Waals surface area contributed by atoms with E-state index in [2.05, 4.69) is 20.9 Å². The molecule has 0 amide bonds. The molecule has 100 valence electrons. The Morgan fingerprint density at radius 1 is 1.42 bits per heavy atom. The summed E-state index contributed by atoms with van der Waals surface area (Å²) in [6.45, 7) is 5.71. The van der Waals surface area contributed by atoms with Gasteiger partial charge in [0.2, 0.25) is 11.7 Å². The zero-order valence-electron chi connectivity index (χ0n) is 10.9. The third-order valence-electron chi connectivity index (χ3n) is 2.89. The summed E-state index contributed by atoms with van der Waals surface area (Å²) in [5.74, 6) is -0.824. The summed E-state index contributed by atoms with van der Waals surface area (Å²) in [5, 5.41) is 9.16. The van der Waals surface area contributed by atoms with Crippen molar-refractivity contribution in [1.29, 1.82) is 0 Å². The lowest BCUT2D eigenvalue weighted by atomic mass is 10.1. The molecular weight excluding hydrogens is 310 g/mol. The van der Waals surface area contributed by atoms with Gasteiger partial charge >= 0.3 is 5.97 Å². The molecule has 0 unspecified atom stereocenters. The van der Waals surface area contributed by atoms with Gasteiger partial charge in [0.25, 0.3) is 0 Å². The van der Waals surface area contributed by atoms with Crippen LogP contribution in [0.5, 0.6) is 0 Å². The standard InChI is InChI=1S/C14H14BrNO3/c1-7(2)11-12(14(17)18)19-13(16-11)9-5-4-6-10(15)8(9)3/h4-7H,1-3H3,(H,17,18). The number of nitrogens with zero attached hydrogens (tertiary/aromatic N) is 1. The Bertz CT molecular complexity index is 632. The SMILES string of the molecule is Cc1c(Br)cccc1-c1nc(C(C)C)c(C(=O)O)o1. The zero-order valence-corrected chi connectivity index (χ0v) is 12.5. The highest BCUT2D eigenvalue weighted by molar-refractivity contribution is 9.10. The van der Waals surface area contributed by atoms with E-state index in [0.29, 0.717) is 11.6 Å². The molecule has 0 bridgehead atoms. The summed E-state index contributed by atoms with van der Waals surface area (Å²) in [4.78, 5) is 15.5. The van der Waals surface area contributed by atoms with Gasteiger partial charge in [0.05, 0.1) is 5.69 Å². The number of oxazole rings is 1. The van der Waals surface area contributed by atoms with Gasteiger partial charge in [0, 0.05) is 10.0 Å². The summed E-state index contributed by atoms with van der Waals surface area (Å²) in [6.07, 6.45) is 0. The Hall–Kier alpha value is -1.62. The Morgan fingerprint density at radius 2 is 2.11 bits per heavy atom. The number of carboxylic acid groups (broad SMARTS) is 1. The van der Waals surface area contributed by atoms with Crippen LogP contribution in [0.2, 0.25) is 0 Å². The fourth-order valence-electron chi connectivity index (χ4n) is 1.83. The molecule has 1 aromatic heterocycles. The molecular formula is C14H14BrNO3. The maximum Gasteiger partial charge on any atom is 0.373 e. The third-order valence-corrected chi connectivity index (χ3v) is 3.75. The first-order chi connectivity index (χ1) is 8.91. The van der Waals surface area contributed by atoms with Gasteiger partial charge in [0.15, 0.2) is 0 Å². The Balaban J connectivity index is 2.61. The van der Waals surface area contributed by atoms with Crippen LogP contribution >= 0.6 is 15.9 Å². The van der Waals surface area contributed by atoms with Crippen LogP contribution in [0.3, 0.4) is 0 Å². The topological polar surface area (TPSA) is 63.3 Å². The summed E-state index contributed by atoms with van der Waals surface area (Å²) >= 11 is 3.44. The van der Waals surface area contributed by atoms with Crippen LogP contribution in [-0.2, 0) is 0 Å². The molecule has 0 spiro atoms. The predicted molar refractivity (Wildman–Crippen MR) is 75.4 cm³/mol. The molecule has 0 fully saturated rings. The van der Waals surface area contributed by atoms with Crippen molar-refractivity contribution in [3.63, 3.8) is 0 Å². The maximum absolute atomic E-state index is 11.2. The van der Waals surface area contributed by atoms with Gasteiger partial charge in [-0.1, -0.05) is 35.8 Å². The molecule has 5 heteroatoms. The second-order valence-corrected chi connectivity index (χ2v) is 5.46. The first-order valence-corrected chi connectivity index (χ1v) is 6.70. The van der Waals surface area contributed by atoms with Crippen molar-refractivity contribution in [2.45, 2.75) is 26.7 Å². The summed E-state index contributed by atoms with van der Waals surface area (Å²) < 4.78 is 6.36. The van der Waals surface area contributed by atoms with Crippen molar-refractivity contribution in [3.8, 4) is 11.5 Å². The fourth-order valence-corrected chi connectivity index (χ4v) is 2.20. The predicted octanol–water partition coefficient (Wildman–Crippen LogP) is 4.23. The number of carbonyl (C=O) groups is 1. The molecule has 0 saturated carbocycles. The van der Waals surface area contributed by atoms with E-state index >= 15 is 0 Å². The van der Waals surface area contributed by atoms with Gasteiger partial charge < -0.3 is 9.52 Å². The Morgan fingerprint density at radius 3 is 2.63 bits per heavy atom. The van der Waals surface area contributed by atoms with Crippen molar-refractivity contribution in [3.05, 3.63) is 39.7 Å². The minimum atomic E-state index is -1.09. The monoisotopic (exact) mass is 323 g/mol. The molecule has 2 aromatic rings. The second kappa shape index (κ2) is 5.17. The van der Waals surface area contributed by atoms with Crippen LogP contribution in [0.4, 0.5) is 0 Å². The molecule has 0 radical (unpaired) electrons. The van der Waals surface area contributed by atoms with E-state index in [1.165, 1.54) is 0 Å². The molecule has 0 aliphatic rings. The van der Waals surface area contributed by atoms with E-state index in [1.807, 2.05) is 39.0 Å². The summed E-state index contributed by atoms with van der Waals surface area (Å²) in [5.41, 5.74) is 2.24. The number of halogens is 1. The highest BCUT2D eigenvalue weighted by Gasteiger charge is 2.23. The first kappa shape index (κ1) is 13.8. The molecule has 0 atom stereocenters. The molecule has 0 aliphatic heterocycles. The average molecular weight is 324 g/mol. The van der Waals surface area contributed by atoms with Crippen molar-refractivity contribution in [2.24, 2.45) is 0 Å². The molecule has 1 aromatic carbocycles. The van der Waals surface area contributed by atoms with Crippen LogP contribution in [-0.4, -0.2) is 16.1 Å². The summed E-state index contributed by atoms with van der Waals surface area (Å²) in [7, 11) is 0. The van der Waals surface area contributed by atoms with Crippen LogP contribution in [0.1, 0.15) is 41.6 Å². The van der Waals surface area contributed by atoms with Gasteiger partial charge in [-0.05, 0) is 30.5 Å². The van der Waals surface area contributed by atoms with Gasteiger partial charge in [-0.3, -0.25) is 0 Å². The quantitative estimate of drug-likeness (QED) is 0.917. The molecule has 0 aliphatic carbocycles. The van der Waals surface area contributed by atoms with Gasteiger partial charge in [0.1, 0.15) is 0 Å². The van der Waals surface area contributed by atoms with Gasteiger partial charge in [-0.2, -0.15) is 0 Å². The third kappa shape index (κ3) is 2.56. The maximum atomic E-state index is 11.2. The number of hydrogen-bond acceptors (Lipinski definition) is 3. The van der Waals surface area contributed by atoms with Crippen molar-refractivity contribution < 1.29 is 14.3 Å². The summed E-state index contributed by atoms with van der Waals surface area (Å²) in [6, 6.07) is 5.65. The van der Waals surface area contributed by atoms with Crippen molar-refractivity contribution in [1.82, 2.24) is 4.98 Å².